The van der Waals surface area contributed by atoms with Crippen LogP contribution in [0.1, 0.15) is 18.9 Å². The first kappa shape index (κ1) is 10.6. The smallest absolute Gasteiger partial charge is 0.303 e. The molecule has 0 radical (unpaired) electrons. The molecule has 0 aromatic heterocycles. The molecule has 3 heteroatoms. The van der Waals surface area contributed by atoms with Crippen LogP contribution in [-0.4, -0.2) is 17.7 Å². The molecule has 0 atom stereocenters. The van der Waals surface area contributed by atoms with Crippen molar-refractivity contribution in [2.75, 3.05) is 6.61 Å². The highest BCUT2D eigenvalue weighted by Gasteiger charge is 2.08. The second-order valence-electron chi connectivity index (χ2n) is 2.95. The lowest BCUT2D eigenvalue weighted by molar-refractivity contribution is -0.136. The quantitative estimate of drug-likeness (QED) is 0.744. The van der Waals surface area contributed by atoms with Crippen molar-refractivity contribution in [2.45, 2.75) is 19.8 Å². The largest absolute Gasteiger partial charge is 0.493 e. The highest BCUT2D eigenvalue weighted by atomic mass is 16.5. The number of carbonyl (C=O) groups is 1. The second-order valence-corrected chi connectivity index (χ2v) is 2.95. The van der Waals surface area contributed by atoms with Crippen LogP contribution >= 0.6 is 0 Å². The molecule has 14 heavy (non-hydrogen) atoms. The Bertz CT molecular complexity index is 284. The minimum absolute atomic E-state index is 0.222. The zero-order valence-electron chi connectivity index (χ0n) is 8.19. The fourth-order valence-electron chi connectivity index (χ4n) is 1.12. The van der Waals surface area contributed by atoms with Gasteiger partial charge in [-0.2, -0.15) is 0 Å². The Labute approximate surface area is 83.3 Å². The molecular formula is C11H14O3. The summed E-state index contributed by atoms with van der Waals surface area (Å²) in [6.45, 7) is 2.46. The number of para-hydroxylation sites is 1. The van der Waals surface area contributed by atoms with Gasteiger partial charge in [-0.3, -0.25) is 4.79 Å². The van der Waals surface area contributed by atoms with Crippen molar-refractivity contribution in [1.82, 2.24) is 0 Å². The third-order valence-corrected chi connectivity index (χ3v) is 1.90. The number of benzene rings is 1. The Morgan fingerprint density at radius 1 is 1.50 bits per heavy atom. The summed E-state index contributed by atoms with van der Waals surface area (Å²) in [7, 11) is 0. The Morgan fingerprint density at radius 3 is 2.71 bits per heavy atom. The molecule has 0 spiro atoms. The third-order valence-electron chi connectivity index (χ3n) is 1.90. The van der Waals surface area contributed by atoms with Crippen LogP contribution in [0.4, 0.5) is 0 Å². The molecule has 1 aliphatic rings. The van der Waals surface area contributed by atoms with E-state index in [1.807, 2.05) is 18.2 Å². The molecule has 3 nitrogen and oxygen atoms in total. The summed E-state index contributed by atoms with van der Waals surface area (Å²) in [6.07, 6.45) is 1.30. The first-order chi connectivity index (χ1) is 6.74. The molecule has 1 N–H and O–H groups in total. The minimum atomic E-state index is -0.745. The SMILES string of the molecule is CCC(=O)O.c1ccc2c(c1)CCO2. The Morgan fingerprint density at radius 2 is 2.14 bits per heavy atom. The summed E-state index contributed by atoms with van der Waals surface area (Å²) in [5.74, 6) is 0.322. The molecule has 0 bridgehead atoms. The van der Waals surface area contributed by atoms with Crippen LogP contribution in [0.25, 0.3) is 0 Å². The number of fused-ring (bicyclic) bond motifs is 1. The number of carboxylic acids is 1. The van der Waals surface area contributed by atoms with Crippen molar-refractivity contribution in [3.05, 3.63) is 29.8 Å². The van der Waals surface area contributed by atoms with E-state index < -0.39 is 5.97 Å². The van der Waals surface area contributed by atoms with E-state index in [-0.39, 0.29) is 6.42 Å². The predicted molar refractivity (Wildman–Crippen MR) is 53.6 cm³/mol. The molecule has 0 saturated heterocycles. The first-order valence-corrected chi connectivity index (χ1v) is 4.66. The molecule has 0 unspecified atom stereocenters. The summed E-state index contributed by atoms with van der Waals surface area (Å²) in [6, 6.07) is 8.18. The molecule has 1 aromatic carbocycles. The van der Waals surface area contributed by atoms with Crippen LogP contribution in [0.3, 0.4) is 0 Å². The lowest BCUT2D eigenvalue weighted by Crippen LogP contribution is -1.86. The van der Waals surface area contributed by atoms with E-state index in [0.717, 1.165) is 18.8 Å². The monoisotopic (exact) mass is 194 g/mol. The molecular weight excluding hydrogens is 180 g/mol. The van der Waals surface area contributed by atoms with Gasteiger partial charge in [0.05, 0.1) is 6.61 Å². The van der Waals surface area contributed by atoms with E-state index in [1.54, 1.807) is 6.92 Å². The van der Waals surface area contributed by atoms with Gasteiger partial charge in [-0.15, -0.1) is 0 Å². The molecule has 0 amide bonds. The third kappa shape index (κ3) is 3.09. The van der Waals surface area contributed by atoms with Crippen LogP contribution in [0.2, 0.25) is 0 Å². The molecule has 2 rings (SSSR count). The molecule has 76 valence electrons. The average Bonchev–Trinajstić information content (AvgIpc) is 2.66. The van der Waals surface area contributed by atoms with E-state index in [0.29, 0.717) is 0 Å². The number of hydrogen-bond donors (Lipinski definition) is 1. The van der Waals surface area contributed by atoms with Crippen molar-refractivity contribution in [1.29, 1.82) is 0 Å². The Balaban J connectivity index is 0.000000171. The van der Waals surface area contributed by atoms with Crippen LogP contribution in [0.5, 0.6) is 5.75 Å². The van der Waals surface area contributed by atoms with Gasteiger partial charge in [0.1, 0.15) is 5.75 Å². The maximum Gasteiger partial charge on any atom is 0.303 e. The topological polar surface area (TPSA) is 46.5 Å². The lowest BCUT2D eigenvalue weighted by Gasteiger charge is -1.93. The van der Waals surface area contributed by atoms with Crippen molar-refractivity contribution in [2.24, 2.45) is 0 Å². The summed E-state index contributed by atoms with van der Waals surface area (Å²) >= 11 is 0. The molecule has 0 saturated carbocycles. The van der Waals surface area contributed by atoms with Gasteiger partial charge in [-0.1, -0.05) is 25.1 Å². The number of carboxylic acid groups (broad SMARTS) is 1. The number of ether oxygens (including phenoxy) is 1. The van der Waals surface area contributed by atoms with Crippen molar-refractivity contribution in [3.63, 3.8) is 0 Å². The van der Waals surface area contributed by atoms with Gasteiger partial charge >= 0.3 is 5.97 Å². The molecule has 1 aliphatic heterocycles. The van der Waals surface area contributed by atoms with E-state index in [4.69, 9.17) is 9.84 Å². The van der Waals surface area contributed by atoms with Crippen molar-refractivity contribution < 1.29 is 14.6 Å². The minimum Gasteiger partial charge on any atom is -0.493 e. The predicted octanol–water partition coefficient (Wildman–Crippen LogP) is 2.10. The van der Waals surface area contributed by atoms with E-state index in [1.165, 1.54) is 5.56 Å². The Hall–Kier alpha value is -1.51. The molecule has 0 fully saturated rings. The zero-order valence-corrected chi connectivity index (χ0v) is 8.19. The van der Waals surface area contributed by atoms with Gasteiger partial charge in [-0.25, -0.2) is 0 Å². The van der Waals surface area contributed by atoms with Gasteiger partial charge < -0.3 is 9.84 Å². The summed E-state index contributed by atoms with van der Waals surface area (Å²) in [5.41, 5.74) is 1.34. The van der Waals surface area contributed by atoms with E-state index in [2.05, 4.69) is 6.07 Å². The van der Waals surface area contributed by atoms with Gasteiger partial charge in [0, 0.05) is 12.8 Å². The average molecular weight is 194 g/mol. The van der Waals surface area contributed by atoms with Crippen LogP contribution in [-0.2, 0) is 11.2 Å². The highest BCUT2D eigenvalue weighted by molar-refractivity contribution is 5.66. The number of hydrogen-bond acceptors (Lipinski definition) is 2. The molecule has 1 aromatic rings. The second kappa shape index (κ2) is 5.27. The van der Waals surface area contributed by atoms with Gasteiger partial charge in [-0.05, 0) is 11.6 Å². The van der Waals surface area contributed by atoms with Crippen molar-refractivity contribution in [3.8, 4) is 5.75 Å². The van der Waals surface area contributed by atoms with Crippen LogP contribution < -0.4 is 4.74 Å². The van der Waals surface area contributed by atoms with E-state index >= 15 is 0 Å². The standard InChI is InChI=1S/C8H8O.C3H6O2/c1-2-4-8-7(3-1)5-6-9-8;1-2-3(4)5/h1-4H,5-6H2;2H2,1H3,(H,4,5). The number of aliphatic carboxylic acids is 1. The molecule has 1 heterocycles. The fraction of sp³-hybridized carbons (Fsp3) is 0.364. The normalized spacial score (nSPS) is 12.1. The summed E-state index contributed by atoms with van der Waals surface area (Å²) in [5, 5.41) is 7.72. The fourth-order valence-corrected chi connectivity index (χ4v) is 1.12. The highest BCUT2D eigenvalue weighted by Crippen LogP contribution is 2.23. The number of rotatable bonds is 1. The maximum absolute atomic E-state index is 9.37. The Kier molecular flexibility index (Phi) is 3.98. The lowest BCUT2D eigenvalue weighted by atomic mass is 10.2. The molecule has 0 aliphatic carbocycles. The maximum atomic E-state index is 9.37. The van der Waals surface area contributed by atoms with Crippen LogP contribution in [0.15, 0.2) is 24.3 Å². The van der Waals surface area contributed by atoms with Gasteiger partial charge in [0.25, 0.3) is 0 Å². The summed E-state index contributed by atoms with van der Waals surface area (Å²) in [4.78, 5) is 9.37. The zero-order chi connectivity index (χ0) is 10.4. The van der Waals surface area contributed by atoms with Crippen LogP contribution in [0, 0.1) is 0 Å². The van der Waals surface area contributed by atoms with Gasteiger partial charge in [0.15, 0.2) is 0 Å². The van der Waals surface area contributed by atoms with E-state index in [9.17, 15) is 4.79 Å². The van der Waals surface area contributed by atoms with Gasteiger partial charge in [0.2, 0.25) is 0 Å². The van der Waals surface area contributed by atoms with Crippen molar-refractivity contribution >= 4 is 5.97 Å². The summed E-state index contributed by atoms with van der Waals surface area (Å²) < 4.78 is 5.30. The first-order valence-electron chi connectivity index (χ1n) is 4.66.